The second-order valence-electron chi connectivity index (χ2n) is 6.30. The summed E-state index contributed by atoms with van der Waals surface area (Å²) >= 11 is 0. The summed E-state index contributed by atoms with van der Waals surface area (Å²) in [7, 11) is -3.89. The Labute approximate surface area is 157 Å². The van der Waals surface area contributed by atoms with Crippen molar-refractivity contribution >= 4 is 27.6 Å². The molecule has 0 spiro atoms. The van der Waals surface area contributed by atoms with E-state index in [4.69, 9.17) is 9.47 Å². The highest BCUT2D eigenvalue weighted by Gasteiger charge is 2.31. The smallest absolute Gasteiger partial charge is 0.347 e. The molecule has 1 heterocycles. The van der Waals surface area contributed by atoms with E-state index in [9.17, 15) is 18.0 Å². The molecule has 1 aliphatic heterocycles. The number of anilines is 1. The summed E-state index contributed by atoms with van der Waals surface area (Å²) in [5.41, 5.74) is 1.96. The van der Waals surface area contributed by atoms with Crippen LogP contribution in [0.15, 0.2) is 47.4 Å². The van der Waals surface area contributed by atoms with Crippen LogP contribution in [-0.2, 0) is 24.3 Å². The van der Waals surface area contributed by atoms with Crippen LogP contribution >= 0.6 is 0 Å². The van der Waals surface area contributed by atoms with E-state index in [1.54, 1.807) is 25.1 Å². The summed E-state index contributed by atoms with van der Waals surface area (Å²) in [5, 5.41) is 0. The molecule has 2 aromatic carbocycles. The van der Waals surface area contributed by atoms with E-state index in [1.165, 1.54) is 18.2 Å². The van der Waals surface area contributed by atoms with Gasteiger partial charge in [-0.05, 0) is 49.2 Å². The second-order valence-corrected chi connectivity index (χ2v) is 7.98. The molecule has 27 heavy (non-hydrogen) atoms. The zero-order chi connectivity index (χ0) is 19.6. The number of hydrogen-bond acceptors (Lipinski definition) is 6. The van der Waals surface area contributed by atoms with Crippen molar-refractivity contribution in [2.75, 3.05) is 11.3 Å². The number of cyclic esters (lactones) is 1. The van der Waals surface area contributed by atoms with E-state index in [0.29, 0.717) is 11.3 Å². The summed E-state index contributed by atoms with van der Waals surface area (Å²) in [4.78, 5) is 23.8. The van der Waals surface area contributed by atoms with Gasteiger partial charge < -0.3 is 9.47 Å². The number of aryl methyl sites for hydroxylation is 2. The lowest BCUT2D eigenvalue weighted by molar-refractivity contribution is -0.145. The molecule has 8 heteroatoms. The number of rotatable bonds is 5. The third-order valence-corrected chi connectivity index (χ3v) is 5.53. The van der Waals surface area contributed by atoms with Crippen molar-refractivity contribution in [3.8, 4) is 0 Å². The summed E-state index contributed by atoms with van der Waals surface area (Å²) in [5.74, 6) is -1.35. The maximum absolute atomic E-state index is 12.7. The number of carbonyl (C=O) groups excluding carboxylic acids is 2. The first-order chi connectivity index (χ1) is 12.8. The molecule has 1 fully saturated rings. The van der Waals surface area contributed by atoms with Crippen LogP contribution in [0.3, 0.4) is 0 Å². The molecule has 2 aromatic rings. The molecule has 1 aliphatic rings. The van der Waals surface area contributed by atoms with Gasteiger partial charge in [-0.2, -0.15) is 0 Å². The van der Waals surface area contributed by atoms with Crippen LogP contribution in [-0.4, -0.2) is 33.1 Å². The standard InChI is InChI=1S/C19H19NO6S/c1-12-4-3-5-14(10-12)20-27(23,24)15-7-6-13(2)16(11-15)18(21)26-17-8-9-25-19(17)22/h3-7,10-11,17,20H,8-9H2,1-2H3/t17-/m1/s1. The normalized spacial score (nSPS) is 16.7. The molecular weight excluding hydrogens is 370 g/mol. The van der Waals surface area contributed by atoms with Gasteiger partial charge in [0.2, 0.25) is 6.10 Å². The van der Waals surface area contributed by atoms with Crippen LogP contribution in [0.5, 0.6) is 0 Å². The van der Waals surface area contributed by atoms with Crippen molar-refractivity contribution in [3.05, 3.63) is 59.2 Å². The molecule has 142 valence electrons. The maximum Gasteiger partial charge on any atom is 0.347 e. The van der Waals surface area contributed by atoms with Gasteiger partial charge in [-0.15, -0.1) is 0 Å². The van der Waals surface area contributed by atoms with E-state index < -0.39 is 28.1 Å². The molecule has 0 saturated carbocycles. The predicted molar refractivity (Wildman–Crippen MR) is 97.9 cm³/mol. The van der Waals surface area contributed by atoms with Gasteiger partial charge in [0.25, 0.3) is 10.0 Å². The fourth-order valence-corrected chi connectivity index (χ4v) is 3.76. The molecular formula is C19H19NO6S. The lowest BCUT2D eigenvalue weighted by atomic mass is 10.1. The minimum Gasteiger partial charge on any atom is -0.463 e. The summed E-state index contributed by atoms with van der Waals surface area (Å²) < 4.78 is 37.7. The Balaban J connectivity index is 1.85. The van der Waals surface area contributed by atoms with E-state index in [2.05, 4.69) is 4.72 Å². The van der Waals surface area contributed by atoms with Gasteiger partial charge >= 0.3 is 11.9 Å². The third kappa shape index (κ3) is 4.28. The van der Waals surface area contributed by atoms with Gasteiger partial charge in [0.05, 0.1) is 17.1 Å². The Morgan fingerprint density at radius 1 is 1.19 bits per heavy atom. The zero-order valence-electron chi connectivity index (χ0n) is 14.9. The predicted octanol–water partition coefficient (Wildman–Crippen LogP) is 2.58. The lowest BCUT2D eigenvalue weighted by Gasteiger charge is -2.13. The molecule has 3 rings (SSSR count). The van der Waals surface area contributed by atoms with Crippen LogP contribution in [0, 0.1) is 13.8 Å². The first-order valence-corrected chi connectivity index (χ1v) is 9.82. The average Bonchev–Trinajstić information content (AvgIpc) is 2.99. The Morgan fingerprint density at radius 2 is 1.96 bits per heavy atom. The van der Waals surface area contributed by atoms with Gasteiger partial charge in [-0.1, -0.05) is 18.2 Å². The zero-order valence-corrected chi connectivity index (χ0v) is 15.7. The van der Waals surface area contributed by atoms with Gasteiger partial charge in [0.15, 0.2) is 0 Å². The van der Waals surface area contributed by atoms with Crippen LogP contribution in [0.25, 0.3) is 0 Å². The number of ether oxygens (including phenoxy) is 2. The van der Waals surface area contributed by atoms with Crippen molar-refractivity contribution in [3.63, 3.8) is 0 Å². The Kier molecular flexibility index (Phi) is 5.18. The monoisotopic (exact) mass is 389 g/mol. The Morgan fingerprint density at radius 3 is 2.63 bits per heavy atom. The number of carbonyl (C=O) groups is 2. The number of esters is 2. The number of nitrogens with one attached hydrogen (secondary N) is 1. The van der Waals surface area contributed by atoms with Crippen LogP contribution in [0.2, 0.25) is 0 Å². The summed E-state index contributed by atoms with van der Waals surface area (Å²) in [6.45, 7) is 3.71. The van der Waals surface area contributed by atoms with Gasteiger partial charge in [0.1, 0.15) is 0 Å². The van der Waals surface area contributed by atoms with Crippen molar-refractivity contribution < 1.29 is 27.5 Å². The molecule has 0 unspecified atom stereocenters. The van der Waals surface area contributed by atoms with E-state index >= 15 is 0 Å². The molecule has 7 nitrogen and oxygen atoms in total. The highest BCUT2D eigenvalue weighted by molar-refractivity contribution is 7.92. The van der Waals surface area contributed by atoms with E-state index in [1.807, 2.05) is 13.0 Å². The lowest BCUT2D eigenvalue weighted by Crippen LogP contribution is -2.23. The summed E-state index contributed by atoms with van der Waals surface area (Å²) in [6.07, 6.45) is -0.668. The largest absolute Gasteiger partial charge is 0.463 e. The van der Waals surface area contributed by atoms with Crippen molar-refractivity contribution in [2.45, 2.75) is 31.3 Å². The molecule has 1 atom stereocenters. The van der Waals surface area contributed by atoms with Crippen molar-refractivity contribution in [1.29, 1.82) is 0 Å². The van der Waals surface area contributed by atoms with Crippen LogP contribution < -0.4 is 4.72 Å². The molecule has 0 bridgehead atoms. The third-order valence-electron chi connectivity index (χ3n) is 4.15. The summed E-state index contributed by atoms with van der Waals surface area (Å²) in [6, 6.07) is 11.1. The van der Waals surface area contributed by atoms with Gasteiger partial charge in [-0.25, -0.2) is 18.0 Å². The molecule has 0 amide bonds. The maximum atomic E-state index is 12.7. The molecule has 0 radical (unpaired) electrons. The molecule has 0 aliphatic carbocycles. The SMILES string of the molecule is Cc1cccc(NS(=O)(=O)c2ccc(C)c(C(=O)O[C@@H]3CCOC3=O)c2)c1. The molecule has 1 saturated heterocycles. The van der Waals surface area contributed by atoms with Gasteiger partial charge in [0, 0.05) is 12.1 Å². The van der Waals surface area contributed by atoms with Crippen molar-refractivity contribution in [1.82, 2.24) is 0 Å². The highest BCUT2D eigenvalue weighted by atomic mass is 32.2. The minimum absolute atomic E-state index is 0.0736. The van der Waals surface area contributed by atoms with Crippen molar-refractivity contribution in [2.24, 2.45) is 0 Å². The molecule has 0 aromatic heterocycles. The Hall–Kier alpha value is -2.87. The first-order valence-electron chi connectivity index (χ1n) is 8.34. The second kappa shape index (κ2) is 7.40. The Bertz CT molecular complexity index is 999. The minimum atomic E-state index is -3.89. The van der Waals surface area contributed by atoms with Gasteiger partial charge in [-0.3, -0.25) is 4.72 Å². The fourth-order valence-electron chi connectivity index (χ4n) is 2.69. The van der Waals surface area contributed by atoms with E-state index in [0.717, 1.165) is 5.56 Å². The fraction of sp³-hybridized carbons (Fsp3) is 0.263. The average molecular weight is 389 g/mol. The van der Waals surface area contributed by atoms with E-state index in [-0.39, 0.29) is 23.5 Å². The number of benzene rings is 2. The number of sulfonamides is 1. The quantitative estimate of drug-likeness (QED) is 0.789. The first kappa shape index (κ1) is 18.9. The van der Waals surface area contributed by atoms with Crippen LogP contribution in [0.4, 0.5) is 5.69 Å². The molecule has 1 N–H and O–H groups in total. The topological polar surface area (TPSA) is 98.8 Å². The number of hydrogen-bond donors (Lipinski definition) is 1. The highest BCUT2D eigenvalue weighted by Crippen LogP contribution is 2.22. The van der Waals surface area contributed by atoms with Crippen LogP contribution in [0.1, 0.15) is 27.9 Å².